The first-order valence-electron chi connectivity index (χ1n) is 6.85. The zero-order valence-electron chi connectivity index (χ0n) is 11.6. The van der Waals surface area contributed by atoms with Crippen LogP contribution >= 0.6 is 0 Å². The fraction of sp³-hybridized carbons (Fsp3) is 0.571. The number of carboxylic acid groups (broad SMARTS) is 1. The molecule has 0 spiro atoms. The van der Waals surface area contributed by atoms with Gasteiger partial charge >= 0.3 is 5.97 Å². The SMILES string of the molecule is CC(c1cncc(F)c1)N1CCCN(CC(=O)O)CC1. The van der Waals surface area contributed by atoms with Crippen LogP contribution in [-0.2, 0) is 4.79 Å². The van der Waals surface area contributed by atoms with Crippen molar-refractivity contribution in [3.8, 4) is 0 Å². The Labute approximate surface area is 118 Å². The van der Waals surface area contributed by atoms with Gasteiger partial charge in [0.2, 0.25) is 0 Å². The summed E-state index contributed by atoms with van der Waals surface area (Å²) >= 11 is 0. The van der Waals surface area contributed by atoms with Crippen LogP contribution in [0.5, 0.6) is 0 Å². The van der Waals surface area contributed by atoms with Gasteiger partial charge in [0.15, 0.2) is 0 Å². The molecule has 1 aliphatic rings. The smallest absolute Gasteiger partial charge is 0.317 e. The maximum absolute atomic E-state index is 13.2. The molecule has 1 atom stereocenters. The van der Waals surface area contributed by atoms with E-state index >= 15 is 0 Å². The number of aromatic nitrogens is 1. The largest absolute Gasteiger partial charge is 0.480 e. The second-order valence-corrected chi connectivity index (χ2v) is 5.17. The summed E-state index contributed by atoms with van der Waals surface area (Å²) < 4.78 is 13.2. The van der Waals surface area contributed by atoms with Crippen molar-refractivity contribution in [1.29, 1.82) is 0 Å². The highest BCUT2D eigenvalue weighted by molar-refractivity contribution is 5.69. The molecule has 0 amide bonds. The summed E-state index contributed by atoms with van der Waals surface area (Å²) in [6.45, 7) is 5.29. The molecular formula is C14H20FN3O2. The Morgan fingerprint density at radius 2 is 2.20 bits per heavy atom. The van der Waals surface area contributed by atoms with Gasteiger partial charge in [-0.1, -0.05) is 0 Å². The van der Waals surface area contributed by atoms with Crippen molar-refractivity contribution in [3.63, 3.8) is 0 Å². The zero-order chi connectivity index (χ0) is 14.5. The van der Waals surface area contributed by atoms with Crippen molar-refractivity contribution in [2.45, 2.75) is 19.4 Å². The predicted octanol–water partition coefficient (Wildman–Crippen LogP) is 1.37. The lowest BCUT2D eigenvalue weighted by atomic mass is 10.1. The zero-order valence-corrected chi connectivity index (χ0v) is 11.6. The fourth-order valence-electron chi connectivity index (χ4n) is 2.60. The van der Waals surface area contributed by atoms with Crippen LogP contribution in [0.1, 0.15) is 24.9 Å². The number of carboxylic acids is 1. The molecule has 0 aliphatic carbocycles. The van der Waals surface area contributed by atoms with Gasteiger partial charge in [-0.3, -0.25) is 19.6 Å². The quantitative estimate of drug-likeness (QED) is 0.903. The van der Waals surface area contributed by atoms with Crippen molar-refractivity contribution in [2.24, 2.45) is 0 Å². The normalized spacial score (nSPS) is 19.5. The van der Waals surface area contributed by atoms with E-state index in [1.807, 2.05) is 11.8 Å². The molecule has 1 aromatic rings. The van der Waals surface area contributed by atoms with E-state index in [9.17, 15) is 9.18 Å². The van der Waals surface area contributed by atoms with E-state index in [4.69, 9.17) is 5.11 Å². The monoisotopic (exact) mass is 281 g/mol. The average Bonchev–Trinajstić information content (AvgIpc) is 2.63. The van der Waals surface area contributed by atoms with Gasteiger partial charge in [0.05, 0.1) is 12.7 Å². The van der Waals surface area contributed by atoms with Crippen molar-refractivity contribution in [1.82, 2.24) is 14.8 Å². The molecule has 1 unspecified atom stereocenters. The molecule has 0 bridgehead atoms. The molecule has 5 nitrogen and oxygen atoms in total. The van der Waals surface area contributed by atoms with Crippen LogP contribution < -0.4 is 0 Å². The van der Waals surface area contributed by atoms with Crippen molar-refractivity contribution in [3.05, 3.63) is 29.8 Å². The van der Waals surface area contributed by atoms with Crippen LogP contribution in [0, 0.1) is 5.82 Å². The minimum atomic E-state index is -0.791. The van der Waals surface area contributed by atoms with E-state index in [0.717, 1.165) is 38.2 Å². The fourth-order valence-corrected chi connectivity index (χ4v) is 2.60. The number of hydrogen-bond donors (Lipinski definition) is 1. The van der Waals surface area contributed by atoms with Gasteiger partial charge in [0.25, 0.3) is 0 Å². The summed E-state index contributed by atoms with van der Waals surface area (Å²) in [6, 6.07) is 1.60. The molecule has 0 aromatic carbocycles. The number of rotatable bonds is 4. The molecular weight excluding hydrogens is 261 g/mol. The molecule has 2 heterocycles. The molecule has 0 radical (unpaired) electrons. The molecule has 1 aromatic heterocycles. The van der Waals surface area contributed by atoms with Crippen LogP contribution in [0.2, 0.25) is 0 Å². The van der Waals surface area contributed by atoms with Crippen LogP contribution in [0.25, 0.3) is 0 Å². The highest BCUT2D eigenvalue weighted by Gasteiger charge is 2.21. The van der Waals surface area contributed by atoms with Gasteiger partial charge < -0.3 is 5.11 Å². The van der Waals surface area contributed by atoms with E-state index in [0.29, 0.717) is 0 Å². The number of nitrogens with zero attached hydrogens (tertiary/aromatic N) is 3. The van der Waals surface area contributed by atoms with Gasteiger partial charge in [-0.2, -0.15) is 0 Å². The average molecular weight is 281 g/mol. The first-order valence-corrected chi connectivity index (χ1v) is 6.85. The molecule has 0 saturated carbocycles. The van der Waals surface area contributed by atoms with E-state index < -0.39 is 5.97 Å². The second kappa shape index (κ2) is 6.76. The molecule has 6 heteroatoms. The van der Waals surface area contributed by atoms with E-state index in [1.54, 1.807) is 6.20 Å². The lowest BCUT2D eigenvalue weighted by molar-refractivity contribution is -0.138. The van der Waals surface area contributed by atoms with E-state index in [2.05, 4.69) is 9.88 Å². The van der Waals surface area contributed by atoms with Gasteiger partial charge in [-0.05, 0) is 25.0 Å². The third-order valence-electron chi connectivity index (χ3n) is 3.74. The van der Waals surface area contributed by atoms with Gasteiger partial charge in [-0.25, -0.2) is 4.39 Å². The Balaban J connectivity index is 1.97. The van der Waals surface area contributed by atoms with Crippen molar-refractivity contribution < 1.29 is 14.3 Å². The lowest BCUT2D eigenvalue weighted by Crippen LogP contribution is -2.35. The van der Waals surface area contributed by atoms with Crippen LogP contribution in [0.3, 0.4) is 0 Å². The standard InChI is InChI=1S/C14H20FN3O2/c1-11(12-7-13(15)9-16-8-12)18-4-2-3-17(5-6-18)10-14(19)20/h7-9,11H,2-6,10H2,1H3,(H,19,20). The molecule has 1 fully saturated rings. The minimum Gasteiger partial charge on any atom is -0.480 e. The summed E-state index contributed by atoms with van der Waals surface area (Å²) in [5, 5.41) is 8.84. The number of carbonyl (C=O) groups is 1. The Bertz CT molecular complexity index is 469. The Hall–Kier alpha value is -1.53. The summed E-state index contributed by atoms with van der Waals surface area (Å²) in [5.74, 6) is -1.11. The minimum absolute atomic E-state index is 0.0861. The highest BCUT2D eigenvalue weighted by Crippen LogP contribution is 2.21. The maximum Gasteiger partial charge on any atom is 0.317 e. The van der Waals surface area contributed by atoms with Crippen molar-refractivity contribution >= 4 is 5.97 Å². The van der Waals surface area contributed by atoms with Crippen molar-refractivity contribution in [2.75, 3.05) is 32.7 Å². The number of aliphatic carboxylic acids is 1. The molecule has 20 heavy (non-hydrogen) atoms. The first kappa shape index (κ1) is 14.9. The Morgan fingerprint density at radius 3 is 2.90 bits per heavy atom. The summed E-state index contributed by atoms with van der Waals surface area (Å²) in [6.07, 6.45) is 3.81. The summed E-state index contributed by atoms with van der Waals surface area (Å²) in [7, 11) is 0. The molecule has 110 valence electrons. The van der Waals surface area contributed by atoms with E-state index in [-0.39, 0.29) is 18.4 Å². The van der Waals surface area contributed by atoms with E-state index in [1.165, 1.54) is 12.3 Å². The number of halogens is 1. The molecule has 1 N–H and O–H groups in total. The second-order valence-electron chi connectivity index (χ2n) is 5.17. The van der Waals surface area contributed by atoms with Gasteiger partial charge in [0.1, 0.15) is 5.82 Å². The summed E-state index contributed by atoms with van der Waals surface area (Å²) in [4.78, 5) is 18.8. The Morgan fingerprint density at radius 1 is 1.40 bits per heavy atom. The topological polar surface area (TPSA) is 56.7 Å². The first-order chi connectivity index (χ1) is 9.56. The molecule has 1 aliphatic heterocycles. The number of pyridine rings is 1. The third-order valence-corrected chi connectivity index (χ3v) is 3.74. The molecule has 1 saturated heterocycles. The number of hydrogen-bond acceptors (Lipinski definition) is 4. The summed E-state index contributed by atoms with van der Waals surface area (Å²) in [5.41, 5.74) is 0.858. The van der Waals surface area contributed by atoms with Gasteiger partial charge in [0, 0.05) is 38.4 Å². The van der Waals surface area contributed by atoms with Crippen LogP contribution in [0.4, 0.5) is 4.39 Å². The predicted molar refractivity (Wildman–Crippen MR) is 72.9 cm³/mol. The maximum atomic E-state index is 13.2. The lowest BCUT2D eigenvalue weighted by Gasteiger charge is -2.27. The highest BCUT2D eigenvalue weighted by atomic mass is 19.1. The molecule has 2 rings (SSSR count). The van der Waals surface area contributed by atoms with Crippen LogP contribution in [-0.4, -0.2) is 58.6 Å². The van der Waals surface area contributed by atoms with Gasteiger partial charge in [-0.15, -0.1) is 0 Å². The third kappa shape index (κ3) is 3.98. The van der Waals surface area contributed by atoms with Crippen LogP contribution in [0.15, 0.2) is 18.5 Å². The Kier molecular flexibility index (Phi) is 5.03.